The summed E-state index contributed by atoms with van der Waals surface area (Å²) in [5.74, 6) is 0.328. The zero-order valence-electron chi connectivity index (χ0n) is 11.7. The van der Waals surface area contributed by atoms with Crippen LogP contribution in [0.1, 0.15) is 18.9 Å². The minimum atomic E-state index is -6.00. The minimum Gasteiger partial charge on any atom is -0.426 e. The molecule has 0 fully saturated rings. The summed E-state index contributed by atoms with van der Waals surface area (Å²) in [7, 11) is -6.00. The summed E-state index contributed by atoms with van der Waals surface area (Å²) in [4.78, 5) is 10.9. The normalized spacial score (nSPS) is 11.0. The van der Waals surface area contributed by atoms with Crippen molar-refractivity contribution >= 4 is 34.8 Å². The molecule has 2 rings (SSSR count). The van der Waals surface area contributed by atoms with Crippen molar-refractivity contribution in [3.63, 3.8) is 0 Å². The summed E-state index contributed by atoms with van der Waals surface area (Å²) in [6.45, 7) is 6.55. The highest BCUT2D eigenvalue weighted by molar-refractivity contribution is 7.18. The summed E-state index contributed by atoms with van der Waals surface area (Å²) in [5, 5.41) is 1.26. The number of aromatic nitrogens is 1. The molecule has 1 heterocycles. The average Bonchev–Trinajstić information content (AvgIpc) is 2.61. The number of carbonyl (C=O) groups excluding carboxylic acids is 1. The number of ether oxygens (including phenoxy) is 1. The van der Waals surface area contributed by atoms with Crippen molar-refractivity contribution in [2.75, 3.05) is 0 Å². The Labute approximate surface area is 123 Å². The third-order valence-electron chi connectivity index (χ3n) is 2.44. The predicted octanol–water partition coefficient (Wildman–Crippen LogP) is 3.74. The highest BCUT2D eigenvalue weighted by atomic mass is 32.1. The maximum atomic E-state index is 10.9. The second-order valence-corrected chi connectivity index (χ2v) is 5.32. The van der Waals surface area contributed by atoms with Crippen molar-refractivity contribution in [2.24, 2.45) is 0 Å². The summed E-state index contributed by atoms with van der Waals surface area (Å²) < 4.78 is 47.5. The molecular formula is C12H14BF4NO2S. The number of carbonyl (C=O) groups is 1. The first-order chi connectivity index (χ1) is 9.61. The van der Waals surface area contributed by atoms with E-state index in [1.807, 2.05) is 18.2 Å². The molecule has 2 aromatic rings. The first-order valence-corrected chi connectivity index (χ1v) is 6.92. The number of halogens is 4. The number of aryl methyl sites for hydroxylation is 2. The standard InChI is InChI=1S/C12H14NO2S.BF4/c1-4-13-8(2)16-12-6-5-10(7-11(12)13)15-9(3)14;2-1(3,4)5/h5-7H,4H2,1-3H3;/q+1;-1. The minimum absolute atomic E-state index is 0.283. The van der Waals surface area contributed by atoms with Crippen LogP contribution in [0.5, 0.6) is 5.75 Å². The zero-order chi connectivity index (χ0) is 16.2. The van der Waals surface area contributed by atoms with E-state index in [1.165, 1.54) is 16.6 Å². The van der Waals surface area contributed by atoms with E-state index in [1.54, 1.807) is 11.3 Å². The lowest BCUT2D eigenvalue weighted by molar-refractivity contribution is -0.669. The first-order valence-electron chi connectivity index (χ1n) is 6.10. The monoisotopic (exact) mass is 323 g/mol. The van der Waals surface area contributed by atoms with Gasteiger partial charge in [0.1, 0.15) is 17.0 Å². The predicted molar refractivity (Wildman–Crippen MR) is 73.9 cm³/mol. The zero-order valence-corrected chi connectivity index (χ0v) is 12.5. The molecule has 0 aliphatic heterocycles. The maximum Gasteiger partial charge on any atom is 0.673 e. The van der Waals surface area contributed by atoms with Crippen molar-refractivity contribution < 1.29 is 31.4 Å². The lowest BCUT2D eigenvalue weighted by Crippen LogP contribution is -2.33. The van der Waals surface area contributed by atoms with Crippen LogP contribution in [-0.2, 0) is 11.3 Å². The lowest BCUT2D eigenvalue weighted by atomic mass is 10.3. The number of nitrogens with zero attached hydrogens (tertiary/aromatic N) is 1. The Morgan fingerprint density at radius 2 is 1.90 bits per heavy atom. The molecule has 0 amide bonds. The Kier molecular flexibility index (Phi) is 5.71. The van der Waals surface area contributed by atoms with Gasteiger partial charge in [0.2, 0.25) is 10.5 Å². The molecule has 0 atom stereocenters. The van der Waals surface area contributed by atoms with Crippen LogP contribution in [0.4, 0.5) is 17.3 Å². The topological polar surface area (TPSA) is 30.2 Å². The van der Waals surface area contributed by atoms with Gasteiger partial charge in [-0.15, -0.1) is 0 Å². The van der Waals surface area contributed by atoms with E-state index < -0.39 is 7.25 Å². The molecule has 0 spiro atoms. The van der Waals surface area contributed by atoms with Crippen molar-refractivity contribution in [1.29, 1.82) is 0 Å². The number of fused-ring (bicyclic) bond motifs is 1. The lowest BCUT2D eigenvalue weighted by Gasteiger charge is -1.99. The fourth-order valence-electron chi connectivity index (χ4n) is 1.80. The van der Waals surface area contributed by atoms with Gasteiger partial charge in [0.25, 0.3) is 0 Å². The van der Waals surface area contributed by atoms with Gasteiger partial charge in [0, 0.05) is 13.8 Å². The molecule has 0 radical (unpaired) electrons. The highest BCUT2D eigenvalue weighted by Crippen LogP contribution is 2.24. The molecule has 0 bridgehead atoms. The number of benzene rings is 1. The molecule has 0 unspecified atom stereocenters. The van der Waals surface area contributed by atoms with E-state index in [4.69, 9.17) is 4.74 Å². The quantitative estimate of drug-likeness (QED) is 0.277. The van der Waals surface area contributed by atoms with Gasteiger partial charge in [-0.05, 0) is 19.1 Å². The van der Waals surface area contributed by atoms with E-state index in [0.29, 0.717) is 5.75 Å². The molecule has 1 aromatic carbocycles. The van der Waals surface area contributed by atoms with Crippen LogP contribution in [-0.4, -0.2) is 13.2 Å². The molecular weight excluding hydrogens is 309 g/mol. The second-order valence-electron chi connectivity index (χ2n) is 4.08. The Hall–Kier alpha value is -1.64. The van der Waals surface area contributed by atoms with Crippen LogP contribution in [0.2, 0.25) is 0 Å². The van der Waals surface area contributed by atoms with Crippen LogP contribution in [0.25, 0.3) is 10.2 Å². The third-order valence-corrected chi connectivity index (χ3v) is 3.52. The largest absolute Gasteiger partial charge is 0.673 e. The molecule has 116 valence electrons. The van der Waals surface area contributed by atoms with Crippen LogP contribution in [0.3, 0.4) is 0 Å². The van der Waals surface area contributed by atoms with E-state index in [-0.39, 0.29) is 5.97 Å². The second kappa shape index (κ2) is 6.88. The smallest absolute Gasteiger partial charge is 0.426 e. The third kappa shape index (κ3) is 5.70. The number of thiazole rings is 1. The molecule has 1 aromatic heterocycles. The van der Waals surface area contributed by atoms with Gasteiger partial charge in [-0.3, -0.25) is 4.79 Å². The highest BCUT2D eigenvalue weighted by Gasteiger charge is 2.20. The molecule has 0 saturated heterocycles. The van der Waals surface area contributed by atoms with Gasteiger partial charge in [-0.2, -0.15) is 4.57 Å². The number of hydrogen-bond acceptors (Lipinski definition) is 3. The Morgan fingerprint density at radius 3 is 2.38 bits per heavy atom. The van der Waals surface area contributed by atoms with Gasteiger partial charge in [-0.1, -0.05) is 11.3 Å². The van der Waals surface area contributed by atoms with Crippen molar-refractivity contribution in [2.45, 2.75) is 27.3 Å². The van der Waals surface area contributed by atoms with Gasteiger partial charge in [0.05, 0.1) is 6.07 Å². The van der Waals surface area contributed by atoms with Crippen LogP contribution < -0.4 is 9.30 Å². The maximum absolute atomic E-state index is 10.9. The van der Waals surface area contributed by atoms with Gasteiger partial charge in [-0.25, -0.2) is 0 Å². The Bertz CT molecular complexity index is 636. The number of rotatable bonds is 2. The molecule has 0 aliphatic carbocycles. The summed E-state index contributed by atoms with van der Waals surface area (Å²) >= 11 is 1.75. The summed E-state index contributed by atoms with van der Waals surface area (Å²) in [6.07, 6.45) is 0. The average molecular weight is 323 g/mol. The first kappa shape index (κ1) is 17.4. The van der Waals surface area contributed by atoms with E-state index in [2.05, 4.69) is 18.4 Å². The molecule has 21 heavy (non-hydrogen) atoms. The summed E-state index contributed by atoms with van der Waals surface area (Å²) in [5.41, 5.74) is 1.13. The van der Waals surface area contributed by atoms with Crippen molar-refractivity contribution in [1.82, 2.24) is 0 Å². The summed E-state index contributed by atoms with van der Waals surface area (Å²) in [6, 6.07) is 5.75. The molecule has 0 N–H and O–H groups in total. The Morgan fingerprint density at radius 1 is 1.33 bits per heavy atom. The van der Waals surface area contributed by atoms with E-state index in [0.717, 1.165) is 12.1 Å². The number of esters is 1. The van der Waals surface area contributed by atoms with Crippen LogP contribution >= 0.6 is 11.3 Å². The fourth-order valence-corrected chi connectivity index (χ4v) is 2.87. The van der Waals surface area contributed by atoms with Gasteiger partial charge >= 0.3 is 13.2 Å². The van der Waals surface area contributed by atoms with E-state index in [9.17, 15) is 22.1 Å². The molecule has 3 nitrogen and oxygen atoms in total. The van der Waals surface area contributed by atoms with E-state index >= 15 is 0 Å². The molecule has 0 aliphatic rings. The van der Waals surface area contributed by atoms with Gasteiger partial charge < -0.3 is 22.0 Å². The van der Waals surface area contributed by atoms with Gasteiger partial charge in [0.15, 0.2) is 0 Å². The van der Waals surface area contributed by atoms with Crippen molar-refractivity contribution in [3.8, 4) is 5.75 Å². The molecule has 9 heteroatoms. The Balaban J connectivity index is 0.000000383. The molecule has 0 saturated carbocycles. The van der Waals surface area contributed by atoms with Crippen molar-refractivity contribution in [3.05, 3.63) is 23.2 Å². The van der Waals surface area contributed by atoms with Crippen LogP contribution in [0.15, 0.2) is 18.2 Å². The SMILES string of the molecule is CC[n+]1c(C)sc2ccc(OC(C)=O)cc21.F[B-](F)(F)F. The van der Waals surface area contributed by atoms with Crippen LogP contribution in [0, 0.1) is 6.92 Å². The number of hydrogen-bond donors (Lipinski definition) is 0. The fraction of sp³-hybridized carbons (Fsp3) is 0.333.